The fourth-order valence-electron chi connectivity index (χ4n) is 12.9. The van der Waals surface area contributed by atoms with Crippen LogP contribution in [0, 0.1) is 0 Å². The second-order valence-corrected chi connectivity index (χ2v) is 25.6. The molecule has 12 heteroatoms. The Morgan fingerprint density at radius 1 is 0.120 bits per heavy atom. The Labute approximate surface area is 625 Å². The first-order valence-electron chi connectivity index (χ1n) is 35.6. The minimum atomic E-state index is 0.631. The summed E-state index contributed by atoms with van der Waals surface area (Å²) in [5, 5.41) is 0. The summed E-state index contributed by atoms with van der Waals surface area (Å²) in [6, 6.07) is 125. The van der Waals surface area contributed by atoms with E-state index < -0.39 is 0 Å². The third-order valence-corrected chi connectivity index (χ3v) is 18.5. The summed E-state index contributed by atoms with van der Waals surface area (Å²) >= 11 is 0. The van der Waals surface area contributed by atoms with E-state index in [0.29, 0.717) is 34.9 Å². The standard InChI is InChI=1S/2C48H32N6/c1-4-13-33(14-5-1)40-31-44(42-19-10-11-30-49-42)51-45(32-40)43-21-12-20-41(50-43)36-26-22-34(23-27-36)35-24-28-39(29-25-35)48-53-46(37-15-6-2-7-16-37)52-47(54-48)38-17-8-3-9-18-38;1-4-12-33(13-5-1)41-30-44(42-18-10-11-29-49-42)51-45(31-41)43-28-27-40(32-50-43)36-21-19-34(20-22-36)35-23-25-39(26-24-35)48-53-46(37-14-6-2-7-15-37)52-47(54-48)38-16-8-3-9-17-38/h2*1-32H. The Bertz CT molecular complexity index is 5650. The van der Waals surface area contributed by atoms with Gasteiger partial charge < -0.3 is 0 Å². The fraction of sp³-hybridized carbons (Fsp3) is 0. The van der Waals surface area contributed by atoms with Gasteiger partial charge in [0.05, 0.1) is 51.2 Å². The predicted octanol–water partition coefficient (Wildman–Crippen LogP) is 22.8. The summed E-state index contributed by atoms with van der Waals surface area (Å²) < 4.78 is 0. The maximum absolute atomic E-state index is 5.09. The average molecular weight is 1390 g/mol. The molecule has 18 aromatic rings. The molecule has 108 heavy (non-hydrogen) atoms. The van der Waals surface area contributed by atoms with Crippen molar-refractivity contribution in [1.29, 1.82) is 0 Å². The van der Waals surface area contributed by atoms with Crippen LogP contribution in [-0.2, 0) is 0 Å². The van der Waals surface area contributed by atoms with E-state index in [1.54, 1.807) is 12.4 Å². The molecule has 8 heterocycles. The van der Waals surface area contributed by atoms with Crippen molar-refractivity contribution >= 4 is 0 Å². The molecule has 0 aliphatic heterocycles. The fourth-order valence-corrected chi connectivity index (χ4v) is 12.9. The van der Waals surface area contributed by atoms with Crippen LogP contribution in [-0.4, -0.2) is 59.8 Å². The van der Waals surface area contributed by atoms with Gasteiger partial charge in [-0.15, -0.1) is 0 Å². The van der Waals surface area contributed by atoms with Gasteiger partial charge in [-0.1, -0.05) is 303 Å². The SMILES string of the molecule is c1ccc(-c2cc(-c3ccccn3)nc(-c3ccc(-c4ccc(-c5ccc(-c6nc(-c7ccccc7)nc(-c7ccccc7)n6)cc5)cc4)cn3)c2)cc1.c1ccc(-c2cc(-c3ccccn3)nc(-c3cccc(-c4ccc(-c5ccc(-c6nc(-c7ccccc7)nc(-c7ccccc7)n6)cc5)cc4)n3)c2)cc1. The largest absolute Gasteiger partial charge is 0.255 e. The second kappa shape index (κ2) is 31.0. The Kier molecular flexibility index (Phi) is 19.0. The maximum Gasteiger partial charge on any atom is 0.164 e. The van der Waals surface area contributed by atoms with Crippen LogP contribution >= 0.6 is 0 Å². The van der Waals surface area contributed by atoms with Crippen molar-refractivity contribution in [2.45, 2.75) is 0 Å². The minimum Gasteiger partial charge on any atom is -0.255 e. The molecule has 0 fully saturated rings. The summed E-state index contributed by atoms with van der Waals surface area (Å²) in [6.07, 6.45) is 5.50. The van der Waals surface area contributed by atoms with E-state index >= 15 is 0 Å². The van der Waals surface area contributed by atoms with Crippen LogP contribution in [0.2, 0.25) is 0 Å². The number of pyridine rings is 6. The zero-order valence-corrected chi connectivity index (χ0v) is 58.3. The van der Waals surface area contributed by atoms with Crippen molar-refractivity contribution < 1.29 is 0 Å². The molecule has 18 rings (SSSR count). The molecular formula is C96H64N12. The van der Waals surface area contributed by atoms with Crippen molar-refractivity contribution in [3.63, 3.8) is 0 Å². The smallest absolute Gasteiger partial charge is 0.164 e. The summed E-state index contributed by atoms with van der Waals surface area (Å²) in [5.41, 5.74) is 24.9. The van der Waals surface area contributed by atoms with Crippen LogP contribution < -0.4 is 0 Å². The van der Waals surface area contributed by atoms with E-state index in [1.165, 1.54) is 0 Å². The lowest BCUT2D eigenvalue weighted by atomic mass is 9.99. The van der Waals surface area contributed by atoms with Crippen molar-refractivity contribution in [2.75, 3.05) is 0 Å². The lowest BCUT2D eigenvalue weighted by Crippen LogP contribution is -2.00. The van der Waals surface area contributed by atoms with Crippen LogP contribution in [0.15, 0.2) is 389 Å². The first kappa shape index (κ1) is 66.4. The molecule has 0 atom stereocenters. The monoisotopic (exact) mass is 1380 g/mol. The molecule has 10 aromatic carbocycles. The molecule has 0 amide bonds. The van der Waals surface area contributed by atoms with Crippen molar-refractivity contribution in [1.82, 2.24) is 59.8 Å². The molecule has 0 N–H and O–H groups in total. The lowest BCUT2D eigenvalue weighted by Gasteiger charge is -2.11. The van der Waals surface area contributed by atoms with E-state index in [0.717, 1.165) is 146 Å². The summed E-state index contributed by atoms with van der Waals surface area (Å²) in [5.74, 6) is 3.85. The van der Waals surface area contributed by atoms with E-state index in [9.17, 15) is 0 Å². The number of benzene rings is 10. The topological polar surface area (TPSA) is 155 Å². The molecule has 0 aliphatic carbocycles. The van der Waals surface area contributed by atoms with Gasteiger partial charge in [0, 0.05) is 63.1 Å². The number of hydrogen-bond donors (Lipinski definition) is 0. The Hall–Kier alpha value is -14.9. The first-order valence-corrected chi connectivity index (χ1v) is 35.6. The van der Waals surface area contributed by atoms with E-state index in [1.807, 2.05) is 225 Å². The predicted molar refractivity (Wildman–Crippen MR) is 433 cm³/mol. The van der Waals surface area contributed by atoms with Gasteiger partial charge in [-0.25, -0.2) is 44.9 Å². The van der Waals surface area contributed by atoms with E-state index in [-0.39, 0.29) is 0 Å². The summed E-state index contributed by atoms with van der Waals surface area (Å²) in [7, 11) is 0. The second-order valence-electron chi connectivity index (χ2n) is 25.6. The van der Waals surface area contributed by atoms with Gasteiger partial charge in [0.25, 0.3) is 0 Å². The van der Waals surface area contributed by atoms with Crippen molar-refractivity contribution in [3.05, 3.63) is 389 Å². The zero-order valence-electron chi connectivity index (χ0n) is 58.3. The van der Waals surface area contributed by atoms with Gasteiger partial charge in [-0.05, 0) is 117 Å². The van der Waals surface area contributed by atoms with E-state index in [2.05, 4.69) is 162 Å². The van der Waals surface area contributed by atoms with Crippen molar-refractivity contribution in [3.8, 4) is 181 Å². The Morgan fingerprint density at radius 3 is 0.667 bits per heavy atom. The highest BCUT2D eigenvalue weighted by molar-refractivity contribution is 5.80. The Morgan fingerprint density at radius 2 is 0.352 bits per heavy atom. The molecule has 0 aliphatic rings. The van der Waals surface area contributed by atoms with Gasteiger partial charge >= 0.3 is 0 Å². The number of hydrogen-bond acceptors (Lipinski definition) is 12. The van der Waals surface area contributed by atoms with Gasteiger partial charge in [0.1, 0.15) is 0 Å². The number of aromatic nitrogens is 12. The molecule has 0 unspecified atom stereocenters. The van der Waals surface area contributed by atoms with Gasteiger partial charge in [-0.2, -0.15) is 0 Å². The highest BCUT2D eigenvalue weighted by Gasteiger charge is 2.18. The normalized spacial score (nSPS) is 11.0. The number of nitrogens with zero attached hydrogens (tertiary/aromatic N) is 12. The van der Waals surface area contributed by atoms with Crippen LogP contribution in [0.5, 0.6) is 0 Å². The Balaban J connectivity index is 0.000000158. The maximum atomic E-state index is 5.09. The molecular weight excluding hydrogens is 1320 g/mol. The molecule has 8 aromatic heterocycles. The number of rotatable bonds is 16. The summed E-state index contributed by atoms with van der Waals surface area (Å²) in [4.78, 5) is 58.2. The average Bonchev–Trinajstić information content (AvgIpc) is 0.813. The van der Waals surface area contributed by atoms with Crippen molar-refractivity contribution in [2.24, 2.45) is 0 Å². The molecule has 0 spiro atoms. The highest BCUT2D eigenvalue weighted by atomic mass is 15.0. The minimum absolute atomic E-state index is 0.631. The molecule has 0 saturated heterocycles. The van der Waals surface area contributed by atoms with Gasteiger partial charge in [0.15, 0.2) is 34.9 Å². The van der Waals surface area contributed by atoms with Gasteiger partial charge in [-0.3, -0.25) is 15.0 Å². The van der Waals surface area contributed by atoms with Gasteiger partial charge in [0.2, 0.25) is 0 Å². The molecule has 12 nitrogen and oxygen atoms in total. The first-order chi connectivity index (χ1) is 53.5. The zero-order chi connectivity index (χ0) is 72.2. The van der Waals surface area contributed by atoms with Crippen LogP contribution in [0.1, 0.15) is 0 Å². The highest BCUT2D eigenvalue weighted by Crippen LogP contribution is 2.36. The quantitative estimate of drug-likeness (QED) is 0.0904. The lowest BCUT2D eigenvalue weighted by molar-refractivity contribution is 1.07. The molecule has 508 valence electrons. The third-order valence-electron chi connectivity index (χ3n) is 18.5. The van der Waals surface area contributed by atoms with Crippen LogP contribution in [0.25, 0.3) is 181 Å². The van der Waals surface area contributed by atoms with E-state index in [4.69, 9.17) is 49.8 Å². The van der Waals surface area contributed by atoms with Crippen LogP contribution in [0.3, 0.4) is 0 Å². The molecule has 0 bridgehead atoms. The third kappa shape index (κ3) is 15.1. The van der Waals surface area contributed by atoms with Crippen LogP contribution in [0.4, 0.5) is 0 Å². The molecule has 0 saturated carbocycles. The molecule has 0 radical (unpaired) electrons. The summed E-state index contributed by atoms with van der Waals surface area (Å²) in [6.45, 7) is 0.